The van der Waals surface area contributed by atoms with Crippen molar-refractivity contribution in [2.24, 2.45) is 0 Å². The van der Waals surface area contributed by atoms with Crippen molar-refractivity contribution >= 4 is 10.0 Å². The summed E-state index contributed by atoms with van der Waals surface area (Å²) in [6, 6.07) is 30.0. The highest BCUT2D eigenvalue weighted by molar-refractivity contribution is 7.89. The lowest BCUT2D eigenvalue weighted by Crippen LogP contribution is -2.39. The van der Waals surface area contributed by atoms with Gasteiger partial charge in [0.15, 0.2) is 0 Å². The Balaban J connectivity index is 1.56. The summed E-state index contributed by atoms with van der Waals surface area (Å²) in [6.07, 6.45) is -1.71. The largest absolute Gasteiger partial charge is 0.389 e. The molecule has 8 heteroatoms. The molecule has 0 unspecified atom stereocenters. The molecule has 0 heterocycles. The number of aliphatic hydroxyl groups excluding tert-OH is 1. The van der Waals surface area contributed by atoms with Crippen LogP contribution in [0.25, 0.3) is 0 Å². The predicted molar refractivity (Wildman–Crippen MR) is 137 cm³/mol. The Morgan fingerprint density at radius 1 is 0.784 bits per heavy atom. The van der Waals surface area contributed by atoms with Gasteiger partial charge in [-0.2, -0.15) is 4.31 Å². The molecular weight excluding hydrogens is 496 g/mol. The van der Waals surface area contributed by atoms with E-state index < -0.39 is 38.8 Å². The molecule has 37 heavy (non-hydrogen) atoms. The topological polar surface area (TPSA) is 66.8 Å². The zero-order valence-corrected chi connectivity index (χ0v) is 20.8. The van der Waals surface area contributed by atoms with Crippen LogP contribution >= 0.6 is 0 Å². The van der Waals surface area contributed by atoms with Crippen LogP contribution in [0.5, 0.6) is 0 Å². The molecule has 0 saturated heterocycles. The fourth-order valence-electron chi connectivity index (χ4n) is 3.99. The van der Waals surface area contributed by atoms with Crippen molar-refractivity contribution in [2.75, 3.05) is 13.2 Å². The number of sulfonamides is 1. The molecule has 0 aromatic heterocycles. The van der Waals surface area contributed by atoms with Gasteiger partial charge in [-0.3, -0.25) is 0 Å². The van der Waals surface area contributed by atoms with Crippen LogP contribution in [0.1, 0.15) is 22.8 Å². The van der Waals surface area contributed by atoms with Gasteiger partial charge in [0.2, 0.25) is 10.0 Å². The first-order valence-electron chi connectivity index (χ1n) is 11.7. The van der Waals surface area contributed by atoms with Crippen molar-refractivity contribution in [3.63, 3.8) is 0 Å². The highest BCUT2D eigenvalue weighted by Crippen LogP contribution is 2.27. The van der Waals surface area contributed by atoms with E-state index in [1.165, 1.54) is 0 Å². The van der Waals surface area contributed by atoms with Gasteiger partial charge in [0.05, 0.1) is 12.7 Å². The Morgan fingerprint density at radius 2 is 1.32 bits per heavy atom. The third-order valence-corrected chi connectivity index (χ3v) is 7.63. The zero-order chi connectivity index (χ0) is 26.3. The summed E-state index contributed by atoms with van der Waals surface area (Å²) in [5.41, 5.74) is 2.40. The number of nitrogens with zero attached hydrogens (tertiary/aromatic N) is 1. The SMILES string of the molecule is O=S(=O)(c1ccc(F)cc1F)N(Cc1ccccc1)C[C@@H](O)COC(c1ccccc1)c1ccccc1. The van der Waals surface area contributed by atoms with Crippen LogP contribution in [0.2, 0.25) is 0 Å². The van der Waals surface area contributed by atoms with E-state index in [1.807, 2.05) is 60.7 Å². The molecule has 0 aliphatic heterocycles. The molecule has 0 aliphatic rings. The Bertz CT molecular complexity index is 1350. The van der Waals surface area contributed by atoms with E-state index >= 15 is 0 Å². The second-order valence-electron chi connectivity index (χ2n) is 8.55. The Morgan fingerprint density at radius 3 is 1.86 bits per heavy atom. The van der Waals surface area contributed by atoms with Crippen molar-refractivity contribution in [3.8, 4) is 0 Å². The van der Waals surface area contributed by atoms with Crippen LogP contribution in [0.3, 0.4) is 0 Å². The van der Waals surface area contributed by atoms with Crippen LogP contribution in [-0.2, 0) is 21.3 Å². The van der Waals surface area contributed by atoms with Crippen LogP contribution in [0.15, 0.2) is 114 Å². The third-order valence-electron chi connectivity index (χ3n) is 5.79. The molecule has 5 nitrogen and oxygen atoms in total. The second kappa shape index (κ2) is 12.2. The van der Waals surface area contributed by atoms with E-state index in [0.717, 1.165) is 27.6 Å². The van der Waals surface area contributed by atoms with E-state index in [0.29, 0.717) is 11.6 Å². The molecule has 4 aromatic rings. The number of benzene rings is 4. The summed E-state index contributed by atoms with van der Waals surface area (Å²) in [5, 5.41) is 10.9. The summed E-state index contributed by atoms with van der Waals surface area (Å²) in [5.74, 6) is -2.08. The highest BCUT2D eigenvalue weighted by atomic mass is 32.2. The van der Waals surface area contributed by atoms with E-state index in [-0.39, 0.29) is 19.7 Å². The fraction of sp³-hybridized carbons (Fsp3) is 0.172. The van der Waals surface area contributed by atoms with E-state index in [4.69, 9.17) is 4.74 Å². The minimum atomic E-state index is -4.41. The van der Waals surface area contributed by atoms with Gasteiger partial charge in [0.1, 0.15) is 22.6 Å². The molecular formula is C29H27F2NO4S. The quantitative estimate of drug-likeness (QED) is 0.289. The molecule has 0 amide bonds. The van der Waals surface area contributed by atoms with Crippen molar-refractivity contribution in [1.29, 1.82) is 0 Å². The third kappa shape index (κ3) is 6.87. The number of ether oxygens (including phenoxy) is 1. The molecule has 4 rings (SSSR count). The average Bonchev–Trinajstić information content (AvgIpc) is 2.90. The molecule has 4 aromatic carbocycles. The summed E-state index contributed by atoms with van der Waals surface area (Å²) in [6.45, 7) is -0.649. The standard InChI is InChI=1S/C29H27F2NO4S/c30-25-16-17-28(27(31)18-25)37(34,35)32(19-22-10-4-1-5-11-22)20-26(33)21-36-29(23-12-6-2-7-13-23)24-14-8-3-9-15-24/h1-18,26,29,33H,19-21H2/t26-/m1/s1. The zero-order valence-electron chi connectivity index (χ0n) is 20.0. The molecule has 0 aliphatic carbocycles. The predicted octanol–water partition coefficient (Wildman–Crippen LogP) is 5.32. The first-order chi connectivity index (χ1) is 17.8. The van der Waals surface area contributed by atoms with E-state index in [2.05, 4.69) is 0 Å². The van der Waals surface area contributed by atoms with Crippen molar-refractivity contribution < 1.29 is 27.0 Å². The fourth-order valence-corrected chi connectivity index (χ4v) is 5.50. The lowest BCUT2D eigenvalue weighted by Gasteiger charge is -2.26. The van der Waals surface area contributed by atoms with Gasteiger partial charge < -0.3 is 9.84 Å². The summed E-state index contributed by atoms with van der Waals surface area (Å²) in [4.78, 5) is -0.663. The lowest BCUT2D eigenvalue weighted by atomic mass is 10.0. The Labute approximate surface area is 215 Å². The number of halogens is 2. The minimum absolute atomic E-state index is 0.113. The lowest BCUT2D eigenvalue weighted by molar-refractivity contribution is -0.000794. The number of hydrogen-bond donors (Lipinski definition) is 1. The summed E-state index contributed by atoms with van der Waals surface area (Å²) in [7, 11) is -4.41. The molecule has 0 fully saturated rings. The van der Waals surface area contributed by atoms with E-state index in [1.54, 1.807) is 30.3 Å². The van der Waals surface area contributed by atoms with Gasteiger partial charge in [-0.1, -0.05) is 91.0 Å². The highest BCUT2D eigenvalue weighted by Gasteiger charge is 2.30. The summed E-state index contributed by atoms with van der Waals surface area (Å²) < 4.78 is 61.8. The molecule has 0 radical (unpaired) electrons. The van der Waals surface area contributed by atoms with Crippen molar-refractivity contribution in [3.05, 3.63) is 138 Å². The Hall–Kier alpha value is -3.43. The van der Waals surface area contributed by atoms with Crippen molar-refractivity contribution in [1.82, 2.24) is 4.31 Å². The molecule has 192 valence electrons. The van der Waals surface area contributed by atoms with Gasteiger partial charge in [0.25, 0.3) is 0 Å². The first-order valence-corrected chi connectivity index (χ1v) is 13.2. The maximum absolute atomic E-state index is 14.5. The Kier molecular flexibility index (Phi) is 8.78. The number of aliphatic hydroxyl groups is 1. The second-order valence-corrected chi connectivity index (χ2v) is 10.5. The molecule has 0 bridgehead atoms. The van der Waals surface area contributed by atoms with Gasteiger partial charge >= 0.3 is 0 Å². The number of hydrogen-bond acceptors (Lipinski definition) is 4. The van der Waals surface area contributed by atoms with Crippen LogP contribution < -0.4 is 0 Å². The normalized spacial score (nSPS) is 12.7. The van der Waals surface area contributed by atoms with Gasteiger partial charge in [-0.15, -0.1) is 0 Å². The first kappa shape index (κ1) is 26.6. The molecule has 0 saturated carbocycles. The molecule has 0 spiro atoms. The maximum Gasteiger partial charge on any atom is 0.246 e. The van der Waals surface area contributed by atoms with Gasteiger partial charge in [-0.25, -0.2) is 17.2 Å². The maximum atomic E-state index is 14.5. The van der Waals surface area contributed by atoms with Gasteiger partial charge in [-0.05, 0) is 28.8 Å². The van der Waals surface area contributed by atoms with Crippen molar-refractivity contribution in [2.45, 2.75) is 23.6 Å². The number of rotatable bonds is 11. The smallest absolute Gasteiger partial charge is 0.246 e. The molecule has 1 atom stereocenters. The summed E-state index contributed by atoms with van der Waals surface area (Å²) >= 11 is 0. The van der Waals surface area contributed by atoms with Crippen LogP contribution in [-0.4, -0.2) is 37.1 Å². The van der Waals surface area contributed by atoms with Crippen LogP contribution in [0.4, 0.5) is 8.78 Å². The van der Waals surface area contributed by atoms with E-state index in [9.17, 15) is 22.3 Å². The minimum Gasteiger partial charge on any atom is -0.389 e. The van der Waals surface area contributed by atoms with Gasteiger partial charge in [0, 0.05) is 19.2 Å². The average molecular weight is 524 g/mol. The monoisotopic (exact) mass is 523 g/mol. The van der Waals surface area contributed by atoms with Crippen LogP contribution in [0, 0.1) is 11.6 Å². The molecule has 1 N–H and O–H groups in total.